The van der Waals surface area contributed by atoms with Crippen molar-refractivity contribution in [3.8, 4) is 0 Å². The molecule has 7 nitrogen and oxygen atoms in total. The van der Waals surface area contributed by atoms with Gasteiger partial charge in [-0.25, -0.2) is 4.39 Å². The molecule has 0 atom stereocenters. The maximum Gasteiger partial charge on any atom is 0.408 e. The lowest BCUT2D eigenvalue weighted by atomic mass is 10.1. The average molecular weight is 438 g/mol. The van der Waals surface area contributed by atoms with Gasteiger partial charge in [0, 0.05) is 61.7 Å². The molecule has 0 unspecified atom stereocenters. The van der Waals surface area contributed by atoms with Crippen LogP contribution in [0.3, 0.4) is 0 Å². The van der Waals surface area contributed by atoms with E-state index in [0.717, 1.165) is 4.68 Å². The highest BCUT2D eigenvalue weighted by atomic mass is 19.4. The summed E-state index contributed by atoms with van der Waals surface area (Å²) in [4.78, 5) is 17.1. The van der Waals surface area contributed by atoms with Gasteiger partial charge in [0.25, 0.3) is 0 Å². The van der Waals surface area contributed by atoms with Gasteiger partial charge in [0.1, 0.15) is 6.54 Å². The Labute approximate surface area is 176 Å². The van der Waals surface area contributed by atoms with E-state index in [9.17, 15) is 18.0 Å². The number of hydrogen-bond donors (Lipinski definition) is 2. The maximum absolute atomic E-state index is 15.1. The molecule has 0 fully saturated rings. The van der Waals surface area contributed by atoms with Gasteiger partial charge in [0.2, 0.25) is 5.91 Å². The first kappa shape index (κ1) is 22.3. The molecule has 3 rings (SSSR count). The molecule has 1 aromatic heterocycles. The number of benzene rings is 1. The Morgan fingerprint density at radius 2 is 2.13 bits per heavy atom. The van der Waals surface area contributed by atoms with Crippen LogP contribution in [-0.4, -0.2) is 46.6 Å². The molecule has 2 aromatic rings. The SMILES string of the molecule is CN=CC(=CN)c1cccc(Nc2nn(CC(F)(F)F)c3c2CN(C(C)=O)CC3)c1F. The highest BCUT2D eigenvalue weighted by Gasteiger charge is 2.33. The van der Waals surface area contributed by atoms with Crippen LogP contribution < -0.4 is 11.1 Å². The Morgan fingerprint density at radius 3 is 2.74 bits per heavy atom. The molecule has 1 amide bonds. The standard InChI is InChI=1S/C20H22F4N6O/c1-12(31)29-7-6-17-15(10-29)19(28-30(17)11-20(22,23)24)27-16-5-3-4-14(18(16)21)13(8-25)9-26-2/h3-5,8-9H,6-7,10-11,25H2,1-2H3,(H,27,28). The molecule has 0 saturated carbocycles. The predicted octanol–water partition coefficient (Wildman–Crippen LogP) is 3.23. The van der Waals surface area contributed by atoms with Crippen LogP contribution in [0.25, 0.3) is 5.57 Å². The lowest BCUT2D eigenvalue weighted by molar-refractivity contribution is -0.143. The number of carbonyl (C=O) groups is 1. The van der Waals surface area contributed by atoms with Crippen molar-refractivity contribution in [3.63, 3.8) is 0 Å². The molecule has 0 saturated heterocycles. The second-order valence-electron chi connectivity index (χ2n) is 7.04. The second kappa shape index (κ2) is 8.78. The second-order valence-corrected chi connectivity index (χ2v) is 7.04. The zero-order chi connectivity index (χ0) is 22.8. The molecule has 0 spiro atoms. The van der Waals surface area contributed by atoms with Crippen molar-refractivity contribution < 1.29 is 22.4 Å². The van der Waals surface area contributed by atoms with Crippen LogP contribution in [0, 0.1) is 5.82 Å². The predicted molar refractivity (Wildman–Crippen MR) is 109 cm³/mol. The average Bonchev–Trinajstić information content (AvgIpc) is 3.03. The number of halogens is 4. The number of anilines is 2. The first-order valence-corrected chi connectivity index (χ1v) is 9.45. The van der Waals surface area contributed by atoms with Gasteiger partial charge < -0.3 is 16.0 Å². The van der Waals surface area contributed by atoms with Crippen LogP contribution in [0.5, 0.6) is 0 Å². The number of nitrogens with two attached hydrogens (primary N) is 1. The third-order valence-corrected chi connectivity index (χ3v) is 4.92. The molecule has 0 aliphatic carbocycles. The fourth-order valence-corrected chi connectivity index (χ4v) is 3.48. The van der Waals surface area contributed by atoms with Crippen LogP contribution in [-0.2, 0) is 24.3 Å². The Hall–Kier alpha value is -3.37. The number of alkyl halides is 3. The Bertz CT molecular complexity index is 1040. The van der Waals surface area contributed by atoms with E-state index in [4.69, 9.17) is 5.73 Å². The summed E-state index contributed by atoms with van der Waals surface area (Å²) in [7, 11) is 1.52. The highest BCUT2D eigenvalue weighted by molar-refractivity contribution is 6.10. The number of allylic oxidation sites excluding steroid dienone is 1. The molecule has 166 valence electrons. The Balaban J connectivity index is 2.03. The summed E-state index contributed by atoms with van der Waals surface area (Å²) in [6, 6.07) is 4.53. The monoisotopic (exact) mass is 438 g/mol. The lowest BCUT2D eigenvalue weighted by Crippen LogP contribution is -2.35. The maximum atomic E-state index is 15.1. The fraction of sp³-hybridized carbons (Fsp3) is 0.350. The van der Waals surface area contributed by atoms with E-state index in [2.05, 4.69) is 15.4 Å². The van der Waals surface area contributed by atoms with Gasteiger partial charge in [-0.05, 0) is 6.07 Å². The fourth-order valence-electron chi connectivity index (χ4n) is 3.48. The normalized spacial score (nSPS) is 14.8. The van der Waals surface area contributed by atoms with E-state index in [1.54, 1.807) is 6.07 Å². The molecule has 11 heteroatoms. The third-order valence-electron chi connectivity index (χ3n) is 4.92. The number of amides is 1. The quantitative estimate of drug-likeness (QED) is 0.554. The van der Waals surface area contributed by atoms with Gasteiger partial charge in [-0.15, -0.1) is 0 Å². The number of aromatic nitrogens is 2. The van der Waals surface area contributed by atoms with Crippen molar-refractivity contribution >= 4 is 29.2 Å². The third kappa shape index (κ3) is 4.86. The summed E-state index contributed by atoms with van der Waals surface area (Å²) in [5, 5.41) is 6.86. The largest absolute Gasteiger partial charge is 0.408 e. The van der Waals surface area contributed by atoms with Gasteiger partial charge in [-0.3, -0.25) is 14.5 Å². The van der Waals surface area contributed by atoms with Crippen molar-refractivity contribution in [2.45, 2.75) is 32.6 Å². The molecule has 1 aromatic carbocycles. The minimum absolute atomic E-state index is 0.0146. The van der Waals surface area contributed by atoms with E-state index in [-0.39, 0.29) is 42.5 Å². The van der Waals surface area contributed by atoms with Crippen molar-refractivity contribution in [3.05, 3.63) is 47.0 Å². The number of carbonyl (C=O) groups excluding carboxylic acids is 1. The van der Waals surface area contributed by atoms with E-state index in [1.165, 1.54) is 43.4 Å². The minimum atomic E-state index is -4.47. The zero-order valence-corrected chi connectivity index (χ0v) is 17.0. The van der Waals surface area contributed by atoms with Gasteiger partial charge in [0.05, 0.1) is 12.2 Å². The number of rotatable bonds is 5. The smallest absolute Gasteiger partial charge is 0.404 e. The molecule has 0 bridgehead atoms. The Morgan fingerprint density at radius 1 is 1.39 bits per heavy atom. The highest BCUT2D eigenvalue weighted by Crippen LogP contribution is 2.32. The molecule has 1 aliphatic heterocycles. The summed E-state index contributed by atoms with van der Waals surface area (Å²) in [6.07, 6.45) is -1.65. The van der Waals surface area contributed by atoms with Crippen LogP contribution >= 0.6 is 0 Å². The molecular weight excluding hydrogens is 416 g/mol. The number of nitrogens with one attached hydrogen (secondary N) is 1. The summed E-state index contributed by atoms with van der Waals surface area (Å²) in [5.74, 6) is -0.786. The molecule has 2 heterocycles. The topological polar surface area (TPSA) is 88.5 Å². The lowest BCUT2D eigenvalue weighted by Gasteiger charge is -2.27. The van der Waals surface area contributed by atoms with Gasteiger partial charge in [-0.2, -0.15) is 18.3 Å². The summed E-state index contributed by atoms with van der Waals surface area (Å²) in [6.45, 7) is 0.489. The molecule has 0 radical (unpaired) electrons. The summed E-state index contributed by atoms with van der Waals surface area (Å²) >= 11 is 0. The van der Waals surface area contributed by atoms with Crippen LogP contribution in [0.2, 0.25) is 0 Å². The number of fused-ring (bicyclic) bond motifs is 1. The molecule has 1 aliphatic rings. The van der Waals surface area contributed by atoms with Crippen LogP contribution in [0.1, 0.15) is 23.7 Å². The first-order valence-electron chi connectivity index (χ1n) is 9.45. The van der Waals surface area contributed by atoms with E-state index in [1.807, 2.05) is 0 Å². The number of nitrogens with zero attached hydrogens (tertiary/aromatic N) is 4. The molecule has 3 N–H and O–H groups in total. The van der Waals surface area contributed by atoms with Crippen molar-refractivity contribution in [2.75, 3.05) is 18.9 Å². The van der Waals surface area contributed by atoms with Gasteiger partial charge in [-0.1, -0.05) is 12.1 Å². The van der Waals surface area contributed by atoms with E-state index < -0.39 is 18.5 Å². The van der Waals surface area contributed by atoms with Crippen molar-refractivity contribution in [1.82, 2.24) is 14.7 Å². The van der Waals surface area contributed by atoms with Gasteiger partial charge in [0.15, 0.2) is 11.6 Å². The first-order chi connectivity index (χ1) is 14.6. The molecule has 31 heavy (non-hydrogen) atoms. The summed E-state index contributed by atoms with van der Waals surface area (Å²) in [5.41, 5.74) is 6.89. The summed E-state index contributed by atoms with van der Waals surface area (Å²) < 4.78 is 55.1. The van der Waals surface area contributed by atoms with Crippen LogP contribution in [0.15, 0.2) is 29.4 Å². The van der Waals surface area contributed by atoms with Crippen LogP contribution in [0.4, 0.5) is 29.1 Å². The van der Waals surface area contributed by atoms with Crippen molar-refractivity contribution in [1.29, 1.82) is 0 Å². The Kier molecular flexibility index (Phi) is 6.32. The van der Waals surface area contributed by atoms with E-state index >= 15 is 4.39 Å². The number of hydrogen-bond acceptors (Lipinski definition) is 5. The molecular formula is C20H22F4N6O. The van der Waals surface area contributed by atoms with E-state index in [0.29, 0.717) is 16.8 Å². The van der Waals surface area contributed by atoms with Gasteiger partial charge >= 0.3 is 6.18 Å². The minimum Gasteiger partial charge on any atom is -0.404 e. The number of aliphatic imine (C=N–C) groups is 1. The zero-order valence-electron chi connectivity index (χ0n) is 17.0. The van der Waals surface area contributed by atoms with Crippen molar-refractivity contribution in [2.24, 2.45) is 10.7 Å².